The van der Waals surface area contributed by atoms with Gasteiger partial charge < -0.3 is 10.1 Å². The minimum absolute atomic E-state index is 0.391. The van der Waals surface area contributed by atoms with E-state index in [0.29, 0.717) is 34.4 Å². The fraction of sp³-hybridized carbons (Fsp3) is 0.167. The van der Waals surface area contributed by atoms with Gasteiger partial charge in [0.05, 0.1) is 5.02 Å². The summed E-state index contributed by atoms with van der Waals surface area (Å²) in [7, 11) is 1.84. The lowest BCUT2D eigenvalue weighted by Gasteiger charge is -2.16. The van der Waals surface area contributed by atoms with Crippen LogP contribution in [-0.4, -0.2) is 20.1 Å². The molecule has 0 saturated carbocycles. The van der Waals surface area contributed by atoms with Gasteiger partial charge >= 0.3 is 0 Å². The number of aliphatic imine (C=N–C) groups is 1. The van der Waals surface area contributed by atoms with Crippen molar-refractivity contribution in [3.8, 4) is 0 Å². The van der Waals surface area contributed by atoms with Gasteiger partial charge in [0, 0.05) is 17.6 Å². The topological polar surface area (TPSA) is 50.7 Å². The molecule has 0 spiro atoms. The van der Waals surface area contributed by atoms with E-state index in [4.69, 9.17) is 27.9 Å². The lowest BCUT2D eigenvalue weighted by Crippen LogP contribution is -2.13. The van der Waals surface area contributed by atoms with Crippen LogP contribution in [0, 0.1) is 0 Å². The van der Waals surface area contributed by atoms with Crippen molar-refractivity contribution < 1.29 is 9.53 Å². The van der Waals surface area contributed by atoms with E-state index < -0.39 is 0 Å². The third kappa shape index (κ3) is 7.21. The van der Waals surface area contributed by atoms with Crippen molar-refractivity contribution in [1.82, 2.24) is 5.32 Å². The maximum Gasteiger partial charge on any atom is 0.213 e. The molecule has 0 amide bonds. The average molecular weight is 443 g/mol. The van der Waals surface area contributed by atoms with Crippen molar-refractivity contribution in [1.29, 1.82) is 0 Å². The van der Waals surface area contributed by atoms with Crippen LogP contribution in [0.4, 0.5) is 0 Å². The number of benzene rings is 2. The van der Waals surface area contributed by atoms with Crippen LogP contribution in [0.5, 0.6) is 0 Å². The Bertz CT molecular complexity index is 951. The summed E-state index contributed by atoms with van der Waals surface area (Å²) >= 11 is 11.2. The standard InChI is InChI=1S/C17H20N2O.C7H4Cl2O/c1-18-16(15-11-7-4-8-12-15)17(19-2)20-13-14-9-5-3-6-10-14;8-6-2-1-5(4-10)7(9)3-6/h3-7,9-11,19H,1,8,12-13H2,2H3;1-4H/b17-16-;. The molecule has 156 valence electrons. The van der Waals surface area contributed by atoms with Crippen LogP contribution in [0.3, 0.4) is 0 Å². The molecule has 1 aliphatic carbocycles. The Labute approximate surface area is 187 Å². The number of nitrogens with one attached hydrogen (secondary N) is 1. The van der Waals surface area contributed by atoms with Crippen LogP contribution in [0.15, 0.2) is 88.9 Å². The van der Waals surface area contributed by atoms with Gasteiger partial charge in [0.1, 0.15) is 12.3 Å². The minimum atomic E-state index is 0.391. The van der Waals surface area contributed by atoms with Crippen LogP contribution in [0.1, 0.15) is 28.8 Å². The molecule has 6 heteroatoms. The monoisotopic (exact) mass is 442 g/mol. The van der Waals surface area contributed by atoms with E-state index in [1.165, 1.54) is 6.07 Å². The molecule has 2 aromatic rings. The van der Waals surface area contributed by atoms with Crippen LogP contribution in [0.2, 0.25) is 10.0 Å². The van der Waals surface area contributed by atoms with Crippen molar-refractivity contribution in [3.63, 3.8) is 0 Å². The van der Waals surface area contributed by atoms with E-state index in [1.54, 1.807) is 12.1 Å². The van der Waals surface area contributed by atoms with Crippen molar-refractivity contribution in [2.24, 2.45) is 4.99 Å². The maximum atomic E-state index is 10.2. The van der Waals surface area contributed by atoms with E-state index in [2.05, 4.69) is 35.3 Å². The molecule has 0 saturated heterocycles. The lowest BCUT2D eigenvalue weighted by molar-refractivity contribution is 0.112. The summed E-state index contributed by atoms with van der Waals surface area (Å²) in [5, 5.41) is 4.01. The third-order valence-corrected chi connectivity index (χ3v) is 4.80. The third-order valence-electron chi connectivity index (χ3n) is 4.23. The molecule has 0 bridgehead atoms. The Hall–Kier alpha value is -2.82. The first kappa shape index (κ1) is 23.5. The molecule has 0 unspecified atom stereocenters. The summed E-state index contributed by atoms with van der Waals surface area (Å²) in [6, 6.07) is 14.8. The summed E-state index contributed by atoms with van der Waals surface area (Å²) in [6.07, 6.45) is 8.95. The highest BCUT2D eigenvalue weighted by atomic mass is 35.5. The molecule has 3 rings (SSSR count). The molecular weight excluding hydrogens is 419 g/mol. The fourth-order valence-electron chi connectivity index (χ4n) is 2.70. The zero-order chi connectivity index (χ0) is 21.8. The summed E-state index contributed by atoms with van der Waals surface area (Å²) in [4.78, 5) is 14.3. The Morgan fingerprint density at radius 1 is 1.23 bits per heavy atom. The van der Waals surface area contributed by atoms with Crippen LogP contribution < -0.4 is 5.32 Å². The van der Waals surface area contributed by atoms with Gasteiger partial charge in [-0.1, -0.05) is 71.8 Å². The predicted molar refractivity (Wildman–Crippen MR) is 125 cm³/mol. The number of allylic oxidation sites excluding steroid dienone is 4. The zero-order valence-corrected chi connectivity index (χ0v) is 18.3. The van der Waals surface area contributed by atoms with E-state index in [9.17, 15) is 4.79 Å². The number of hydrogen-bond acceptors (Lipinski definition) is 4. The highest BCUT2D eigenvalue weighted by Crippen LogP contribution is 2.24. The van der Waals surface area contributed by atoms with E-state index >= 15 is 0 Å². The second-order valence-corrected chi connectivity index (χ2v) is 7.15. The highest BCUT2D eigenvalue weighted by Gasteiger charge is 2.12. The largest absolute Gasteiger partial charge is 0.473 e. The zero-order valence-electron chi connectivity index (χ0n) is 16.8. The van der Waals surface area contributed by atoms with Crippen molar-refractivity contribution in [2.75, 3.05) is 7.05 Å². The van der Waals surface area contributed by atoms with Gasteiger partial charge in [0.25, 0.3) is 0 Å². The van der Waals surface area contributed by atoms with Gasteiger partial charge in [-0.05, 0) is 48.9 Å². The van der Waals surface area contributed by atoms with Gasteiger partial charge in [-0.2, -0.15) is 0 Å². The number of nitrogens with zero attached hydrogens (tertiary/aromatic N) is 1. The molecule has 1 aliphatic rings. The van der Waals surface area contributed by atoms with Gasteiger partial charge in [0.15, 0.2) is 6.29 Å². The fourth-order valence-corrected chi connectivity index (χ4v) is 3.16. The molecule has 4 nitrogen and oxygen atoms in total. The SMILES string of the molecule is C=N/C(C1=CC=CCC1)=C(/NC)OCc1ccccc1.O=Cc1ccc(Cl)cc1Cl. The van der Waals surface area contributed by atoms with Gasteiger partial charge in [-0.15, -0.1) is 0 Å². The first-order valence-corrected chi connectivity index (χ1v) is 10.2. The summed E-state index contributed by atoms with van der Waals surface area (Å²) in [6.45, 7) is 4.18. The molecule has 1 N–H and O–H groups in total. The number of halogens is 2. The molecule has 0 aliphatic heterocycles. The Morgan fingerprint density at radius 2 is 2.00 bits per heavy atom. The molecule has 0 radical (unpaired) electrons. The maximum absolute atomic E-state index is 10.2. The molecule has 0 atom stereocenters. The number of carbonyl (C=O) groups is 1. The van der Waals surface area contributed by atoms with Crippen molar-refractivity contribution in [3.05, 3.63) is 105 Å². The van der Waals surface area contributed by atoms with E-state index in [-0.39, 0.29) is 0 Å². The molecule has 0 fully saturated rings. The Balaban J connectivity index is 0.000000269. The first-order valence-electron chi connectivity index (χ1n) is 9.40. The Morgan fingerprint density at radius 3 is 2.57 bits per heavy atom. The van der Waals surface area contributed by atoms with Crippen LogP contribution in [0.25, 0.3) is 0 Å². The second kappa shape index (κ2) is 12.7. The summed E-state index contributed by atoms with van der Waals surface area (Å²) < 4.78 is 5.85. The average Bonchev–Trinajstić information content (AvgIpc) is 2.78. The molecule has 0 heterocycles. The highest BCUT2D eigenvalue weighted by molar-refractivity contribution is 6.36. The molecule has 30 heavy (non-hydrogen) atoms. The quantitative estimate of drug-likeness (QED) is 0.307. The van der Waals surface area contributed by atoms with Crippen molar-refractivity contribution in [2.45, 2.75) is 19.4 Å². The normalized spacial score (nSPS) is 13.2. The number of rotatable bonds is 7. The lowest BCUT2D eigenvalue weighted by atomic mass is 10.0. The molecule has 0 aromatic heterocycles. The van der Waals surface area contributed by atoms with E-state index in [1.807, 2.05) is 37.4 Å². The van der Waals surface area contributed by atoms with Gasteiger partial charge in [-0.3, -0.25) is 9.79 Å². The molecule has 2 aromatic carbocycles. The number of carbonyl (C=O) groups excluding carboxylic acids is 1. The molecular formula is C24H24Cl2N2O2. The minimum Gasteiger partial charge on any atom is -0.473 e. The first-order chi connectivity index (χ1) is 14.6. The smallest absolute Gasteiger partial charge is 0.213 e. The Kier molecular flexibility index (Phi) is 9.92. The summed E-state index contributed by atoms with van der Waals surface area (Å²) in [5.41, 5.74) is 3.54. The van der Waals surface area contributed by atoms with Gasteiger partial charge in [0.2, 0.25) is 5.88 Å². The van der Waals surface area contributed by atoms with E-state index in [0.717, 1.165) is 29.7 Å². The predicted octanol–water partition coefficient (Wildman–Crippen LogP) is 6.37. The second-order valence-electron chi connectivity index (χ2n) is 6.30. The van der Waals surface area contributed by atoms with Crippen LogP contribution >= 0.6 is 23.2 Å². The van der Waals surface area contributed by atoms with Crippen molar-refractivity contribution >= 4 is 36.2 Å². The number of hydrogen-bond donors (Lipinski definition) is 1. The van der Waals surface area contributed by atoms with Gasteiger partial charge in [-0.25, -0.2) is 0 Å². The number of ether oxygens (including phenoxy) is 1. The number of aldehydes is 1. The van der Waals surface area contributed by atoms with Crippen LogP contribution in [-0.2, 0) is 11.3 Å². The summed E-state index contributed by atoms with van der Waals surface area (Å²) in [5.74, 6) is 0.672.